The van der Waals surface area contributed by atoms with Gasteiger partial charge < -0.3 is 19.2 Å². The molecule has 1 N–H and O–H groups in total. The van der Waals surface area contributed by atoms with E-state index < -0.39 is 17.7 Å². The van der Waals surface area contributed by atoms with Gasteiger partial charge in [-0.1, -0.05) is 24.3 Å². The molecular weight excluding hydrogens is 436 g/mol. The van der Waals surface area contributed by atoms with Gasteiger partial charge in [0.1, 0.15) is 18.0 Å². The lowest BCUT2D eigenvalue weighted by Gasteiger charge is -2.19. The summed E-state index contributed by atoms with van der Waals surface area (Å²) in [6.45, 7) is 7.15. The third-order valence-electron chi connectivity index (χ3n) is 5.05. The largest absolute Gasteiger partial charge is 0.618 e. The monoisotopic (exact) mass is 462 g/mol. The summed E-state index contributed by atoms with van der Waals surface area (Å²) in [5, 5.41) is 16.0. The smallest absolute Gasteiger partial charge is 0.412 e. The van der Waals surface area contributed by atoms with Crippen molar-refractivity contribution in [1.29, 1.82) is 0 Å². The molecule has 0 bridgehead atoms. The van der Waals surface area contributed by atoms with Crippen molar-refractivity contribution in [3.63, 3.8) is 0 Å². The van der Waals surface area contributed by atoms with Crippen LogP contribution in [0.5, 0.6) is 0 Å². The van der Waals surface area contributed by atoms with Crippen LogP contribution in [0.25, 0.3) is 21.9 Å². The molecule has 0 saturated carbocycles. The van der Waals surface area contributed by atoms with Gasteiger partial charge in [0, 0.05) is 25.2 Å². The lowest BCUT2D eigenvalue weighted by Crippen LogP contribution is -2.27. The van der Waals surface area contributed by atoms with Gasteiger partial charge in [-0.3, -0.25) is 10.1 Å². The number of nitrogens with one attached hydrogen (secondary N) is 1. The number of aromatic nitrogens is 3. The maximum absolute atomic E-state index is 12.5. The van der Waals surface area contributed by atoms with Crippen molar-refractivity contribution in [3.05, 3.63) is 71.3 Å². The highest BCUT2D eigenvalue weighted by molar-refractivity contribution is 6.00. The Balaban J connectivity index is 1.69. The molecule has 2 heterocycles. The van der Waals surface area contributed by atoms with E-state index in [2.05, 4.69) is 10.3 Å². The van der Waals surface area contributed by atoms with E-state index in [4.69, 9.17) is 9.47 Å². The molecule has 0 radical (unpaired) electrons. The second-order valence-corrected chi connectivity index (χ2v) is 8.92. The fourth-order valence-electron chi connectivity index (χ4n) is 3.68. The fraction of sp³-hybridized carbons (Fsp3) is 0.280. The van der Waals surface area contributed by atoms with Crippen molar-refractivity contribution in [2.75, 3.05) is 5.32 Å². The first kappa shape index (κ1) is 23.0. The lowest BCUT2D eigenvalue weighted by atomic mass is 10.1. The third-order valence-corrected chi connectivity index (χ3v) is 5.05. The standard InChI is InChI=1S/C25H26N4O5/c1-16(30)33-15-22-27-20-14-29(32)21-8-6-5-7-19(21)23(20)28(22)13-17-9-11-18(12-10-17)26-24(31)34-25(2,3)4/h5-12,14H,13,15H2,1-4H3,(H,26,31). The number of pyridine rings is 1. The number of ether oxygens (including phenoxy) is 2. The molecule has 4 aromatic rings. The Morgan fingerprint density at radius 3 is 2.50 bits per heavy atom. The van der Waals surface area contributed by atoms with Crippen LogP contribution in [-0.2, 0) is 27.4 Å². The van der Waals surface area contributed by atoms with Crippen LogP contribution in [0.15, 0.2) is 54.7 Å². The van der Waals surface area contributed by atoms with Crippen LogP contribution >= 0.6 is 0 Å². The zero-order chi connectivity index (χ0) is 24.5. The normalized spacial score (nSPS) is 11.5. The van der Waals surface area contributed by atoms with Gasteiger partial charge in [-0.15, -0.1) is 0 Å². The number of fused-ring (bicyclic) bond motifs is 3. The van der Waals surface area contributed by atoms with Crippen molar-refractivity contribution in [3.8, 4) is 0 Å². The van der Waals surface area contributed by atoms with Crippen LogP contribution < -0.4 is 10.0 Å². The molecule has 2 aromatic carbocycles. The molecule has 0 fully saturated rings. The first-order valence-corrected chi connectivity index (χ1v) is 10.8. The number of esters is 1. The molecule has 4 rings (SSSR count). The van der Waals surface area contributed by atoms with Crippen LogP contribution in [0, 0.1) is 5.21 Å². The predicted octanol–water partition coefficient (Wildman–Crippen LogP) is 4.28. The van der Waals surface area contributed by atoms with Crippen molar-refractivity contribution in [2.45, 2.75) is 46.4 Å². The first-order chi connectivity index (χ1) is 16.1. The van der Waals surface area contributed by atoms with Crippen LogP contribution in [0.4, 0.5) is 10.5 Å². The number of rotatable bonds is 5. The minimum absolute atomic E-state index is 0.0184. The van der Waals surface area contributed by atoms with E-state index in [1.54, 1.807) is 45.0 Å². The Morgan fingerprint density at radius 1 is 1.12 bits per heavy atom. The summed E-state index contributed by atoms with van der Waals surface area (Å²) in [5.41, 5.74) is 2.76. The van der Waals surface area contributed by atoms with Gasteiger partial charge in [0.25, 0.3) is 0 Å². The van der Waals surface area contributed by atoms with E-state index in [1.807, 2.05) is 28.8 Å². The molecule has 0 saturated heterocycles. The maximum atomic E-state index is 12.5. The Labute approximate surface area is 196 Å². The SMILES string of the molecule is CC(=O)OCc1nc2c[n+]([O-])c3ccccc3c2n1Cc1ccc(NC(=O)OC(C)(C)C)cc1. The minimum atomic E-state index is -0.587. The fourth-order valence-corrected chi connectivity index (χ4v) is 3.68. The topological polar surface area (TPSA) is 109 Å². The average molecular weight is 463 g/mol. The molecule has 0 aliphatic heterocycles. The van der Waals surface area contributed by atoms with Gasteiger partial charge in [0.15, 0.2) is 5.52 Å². The lowest BCUT2D eigenvalue weighted by molar-refractivity contribution is -0.575. The molecular formula is C25H26N4O5. The minimum Gasteiger partial charge on any atom is -0.618 e. The number of carbonyl (C=O) groups excluding carboxylic acids is 2. The zero-order valence-corrected chi connectivity index (χ0v) is 19.5. The van der Waals surface area contributed by atoms with Gasteiger partial charge in [0.2, 0.25) is 11.7 Å². The number of anilines is 1. The molecule has 0 atom stereocenters. The number of nitrogens with zero attached hydrogens (tertiary/aromatic N) is 3. The molecule has 9 nitrogen and oxygen atoms in total. The number of para-hydroxylation sites is 1. The molecule has 0 unspecified atom stereocenters. The van der Waals surface area contributed by atoms with E-state index in [-0.39, 0.29) is 6.61 Å². The summed E-state index contributed by atoms with van der Waals surface area (Å²) < 4.78 is 13.2. The van der Waals surface area contributed by atoms with Crippen LogP contribution in [0.1, 0.15) is 39.1 Å². The molecule has 176 valence electrons. The van der Waals surface area contributed by atoms with Crippen LogP contribution in [0.2, 0.25) is 0 Å². The van der Waals surface area contributed by atoms with Gasteiger partial charge in [-0.2, -0.15) is 4.73 Å². The Kier molecular flexibility index (Phi) is 6.10. The molecule has 34 heavy (non-hydrogen) atoms. The molecule has 0 aliphatic carbocycles. The number of imidazole rings is 1. The molecule has 2 aromatic heterocycles. The summed E-state index contributed by atoms with van der Waals surface area (Å²) in [4.78, 5) is 28.0. The Morgan fingerprint density at radius 2 is 1.82 bits per heavy atom. The zero-order valence-electron chi connectivity index (χ0n) is 19.5. The summed E-state index contributed by atoms with van der Waals surface area (Å²) in [5.74, 6) is 0.109. The van der Waals surface area contributed by atoms with Crippen molar-refractivity contribution in [2.24, 2.45) is 0 Å². The summed E-state index contributed by atoms with van der Waals surface area (Å²) in [7, 11) is 0. The van der Waals surface area contributed by atoms with Crippen LogP contribution in [0.3, 0.4) is 0 Å². The Hall–Kier alpha value is -4.14. The van der Waals surface area contributed by atoms with Crippen molar-refractivity contribution >= 4 is 39.7 Å². The molecule has 9 heteroatoms. The quantitative estimate of drug-likeness (QED) is 0.269. The Bertz CT molecular complexity index is 1370. The second kappa shape index (κ2) is 9.01. The highest BCUT2D eigenvalue weighted by Crippen LogP contribution is 2.26. The van der Waals surface area contributed by atoms with E-state index in [0.29, 0.717) is 29.1 Å². The highest BCUT2D eigenvalue weighted by atomic mass is 16.6. The van der Waals surface area contributed by atoms with Gasteiger partial charge >= 0.3 is 12.1 Å². The third kappa shape index (κ3) is 5.09. The van der Waals surface area contributed by atoms with Crippen molar-refractivity contribution in [1.82, 2.24) is 9.55 Å². The number of hydrogen-bond donors (Lipinski definition) is 1. The number of hydrogen-bond acceptors (Lipinski definition) is 6. The maximum Gasteiger partial charge on any atom is 0.412 e. The number of amides is 1. The number of carbonyl (C=O) groups is 2. The van der Waals surface area contributed by atoms with Crippen LogP contribution in [-0.4, -0.2) is 27.2 Å². The van der Waals surface area contributed by atoms with Gasteiger partial charge in [-0.05, 0) is 44.5 Å². The van der Waals surface area contributed by atoms with E-state index in [9.17, 15) is 14.8 Å². The highest BCUT2D eigenvalue weighted by Gasteiger charge is 2.20. The molecule has 1 amide bonds. The van der Waals surface area contributed by atoms with Crippen molar-refractivity contribution < 1.29 is 23.8 Å². The summed E-state index contributed by atoms with van der Waals surface area (Å²) in [6, 6.07) is 14.6. The molecule has 0 aliphatic rings. The van der Waals surface area contributed by atoms with Gasteiger partial charge in [0.05, 0.1) is 10.9 Å². The number of benzene rings is 2. The summed E-state index contributed by atoms with van der Waals surface area (Å²) in [6.07, 6.45) is 0.904. The van der Waals surface area contributed by atoms with Gasteiger partial charge in [-0.25, -0.2) is 9.78 Å². The van der Waals surface area contributed by atoms with E-state index in [1.165, 1.54) is 13.1 Å². The summed E-state index contributed by atoms with van der Waals surface area (Å²) >= 11 is 0. The van der Waals surface area contributed by atoms with E-state index >= 15 is 0 Å². The predicted molar refractivity (Wildman–Crippen MR) is 127 cm³/mol. The van der Waals surface area contributed by atoms with E-state index in [0.717, 1.165) is 21.2 Å². The second-order valence-electron chi connectivity index (χ2n) is 8.92. The first-order valence-electron chi connectivity index (χ1n) is 10.8. The average Bonchev–Trinajstić information content (AvgIpc) is 3.09. The molecule has 0 spiro atoms.